The van der Waals surface area contributed by atoms with Gasteiger partial charge in [-0.2, -0.15) is 9.78 Å². The number of nitrogens with one attached hydrogen (secondary N) is 3. The number of fused-ring (bicyclic) bond motifs is 1. The number of methoxy groups -OCH3 is 1. The summed E-state index contributed by atoms with van der Waals surface area (Å²) < 4.78 is 6.69. The summed E-state index contributed by atoms with van der Waals surface area (Å²) in [5.74, 6) is 1.34. The molecule has 0 bridgehead atoms. The van der Waals surface area contributed by atoms with Crippen LogP contribution in [0.5, 0.6) is 5.75 Å². The lowest BCUT2D eigenvalue weighted by molar-refractivity contribution is 0.262. The third-order valence-electron chi connectivity index (χ3n) is 5.43. The molecule has 32 heavy (non-hydrogen) atoms. The SMILES string of the molecule is COc1cccc(NC(=O)Nc2cc(C(C)(C)C)nn2-c2nc3c(c(=O)[nH]2)CCCC3)c1. The van der Waals surface area contributed by atoms with Gasteiger partial charge in [0.25, 0.3) is 5.56 Å². The largest absolute Gasteiger partial charge is 0.497 e. The fourth-order valence-corrected chi connectivity index (χ4v) is 3.67. The number of hydrogen-bond acceptors (Lipinski definition) is 5. The highest BCUT2D eigenvalue weighted by atomic mass is 16.5. The second kappa shape index (κ2) is 8.49. The summed E-state index contributed by atoms with van der Waals surface area (Å²) in [6.45, 7) is 6.09. The molecule has 0 fully saturated rings. The van der Waals surface area contributed by atoms with Crippen LogP contribution in [0.1, 0.15) is 50.6 Å². The van der Waals surface area contributed by atoms with Crippen LogP contribution in [0.15, 0.2) is 35.1 Å². The molecule has 1 aliphatic rings. The van der Waals surface area contributed by atoms with Crippen molar-refractivity contribution >= 4 is 17.5 Å². The predicted octanol–water partition coefficient (Wildman–Crippen LogP) is 3.78. The molecule has 2 amide bonds. The number of H-pyrrole nitrogens is 1. The second-order valence-corrected chi connectivity index (χ2v) is 8.91. The predicted molar refractivity (Wildman–Crippen MR) is 123 cm³/mol. The average Bonchev–Trinajstić information content (AvgIpc) is 3.18. The maximum atomic E-state index is 12.7. The number of amides is 2. The van der Waals surface area contributed by atoms with Crippen LogP contribution in [-0.4, -0.2) is 32.9 Å². The molecule has 0 saturated heterocycles. The van der Waals surface area contributed by atoms with Crippen LogP contribution in [0.25, 0.3) is 5.95 Å². The van der Waals surface area contributed by atoms with E-state index >= 15 is 0 Å². The zero-order chi connectivity index (χ0) is 22.9. The van der Waals surface area contributed by atoms with Gasteiger partial charge in [0.15, 0.2) is 0 Å². The Kier molecular flexibility index (Phi) is 5.73. The van der Waals surface area contributed by atoms with Crippen LogP contribution >= 0.6 is 0 Å². The number of aromatic amines is 1. The van der Waals surface area contributed by atoms with Crippen molar-refractivity contribution < 1.29 is 9.53 Å². The van der Waals surface area contributed by atoms with Crippen molar-refractivity contribution in [2.75, 3.05) is 17.7 Å². The number of carbonyl (C=O) groups is 1. The van der Waals surface area contributed by atoms with Crippen LogP contribution in [0.3, 0.4) is 0 Å². The summed E-state index contributed by atoms with van der Waals surface area (Å²) in [5.41, 5.74) is 2.48. The minimum atomic E-state index is -0.444. The minimum Gasteiger partial charge on any atom is -0.497 e. The normalized spacial score (nSPS) is 13.4. The third kappa shape index (κ3) is 4.51. The Hall–Kier alpha value is -3.62. The highest BCUT2D eigenvalue weighted by Crippen LogP contribution is 2.26. The number of hydrogen-bond donors (Lipinski definition) is 3. The summed E-state index contributed by atoms with van der Waals surface area (Å²) in [7, 11) is 1.57. The van der Waals surface area contributed by atoms with E-state index in [0.29, 0.717) is 23.2 Å². The number of aromatic nitrogens is 4. The smallest absolute Gasteiger partial charge is 0.324 e. The van der Waals surface area contributed by atoms with Gasteiger partial charge in [-0.1, -0.05) is 26.8 Å². The van der Waals surface area contributed by atoms with E-state index in [2.05, 4.69) is 25.7 Å². The zero-order valence-electron chi connectivity index (χ0n) is 18.8. The molecule has 0 aliphatic heterocycles. The Morgan fingerprint density at radius 3 is 2.69 bits per heavy atom. The standard InChI is InChI=1S/C23H28N6O3/c1-23(2,3)18-13-19(26-22(31)24-14-8-7-9-15(12-14)32-4)29(28-18)21-25-17-11-6-5-10-16(17)20(30)27-21/h7-9,12-13H,5-6,10-11H2,1-4H3,(H2,24,26,31)(H,25,27,30). The van der Waals surface area contributed by atoms with Crippen molar-refractivity contribution in [2.24, 2.45) is 0 Å². The number of ether oxygens (including phenoxy) is 1. The molecule has 9 nitrogen and oxygen atoms in total. The topological polar surface area (TPSA) is 114 Å². The first-order valence-electron chi connectivity index (χ1n) is 10.7. The van der Waals surface area contributed by atoms with Crippen molar-refractivity contribution in [3.8, 4) is 11.7 Å². The molecule has 2 heterocycles. The van der Waals surface area contributed by atoms with Crippen molar-refractivity contribution in [3.63, 3.8) is 0 Å². The van der Waals surface area contributed by atoms with E-state index in [0.717, 1.165) is 42.6 Å². The second-order valence-electron chi connectivity index (χ2n) is 8.91. The first-order chi connectivity index (χ1) is 15.2. The molecular weight excluding hydrogens is 408 g/mol. The highest BCUT2D eigenvalue weighted by molar-refractivity contribution is 5.99. The van der Waals surface area contributed by atoms with Crippen LogP contribution < -0.4 is 20.9 Å². The van der Waals surface area contributed by atoms with Gasteiger partial charge in [-0.3, -0.25) is 15.1 Å². The maximum Gasteiger partial charge on any atom is 0.324 e. The van der Waals surface area contributed by atoms with Crippen LogP contribution in [0.4, 0.5) is 16.3 Å². The molecule has 1 aromatic carbocycles. The van der Waals surface area contributed by atoms with Crippen LogP contribution in [-0.2, 0) is 18.3 Å². The molecule has 4 rings (SSSR count). The van der Waals surface area contributed by atoms with Crippen molar-refractivity contribution in [3.05, 3.63) is 57.6 Å². The molecule has 0 unspecified atom stereocenters. The molecule has 1 aliphatic carbocycles. The Morgan fingerprint density at radius 2 is 1.94 bits per heavy atom. The molecule has 2 aromatic heterocycles. The molecule has 168 valence electrons. The molecule has 0 saturated carbocycles. The summed E-state index contributed by atoms with van der Waals surface area (Å²) in [6.07, 6.45) is 3.49. The molecule has 0 radical (unpaired) electrons. The lowest BCUT2D eigenvalue weighted by atomic mass is 9.92. The number of rotatable bonds is 4. The van der Waals surface area contributed by atoms with Gasteiger partial charge in [0.1, 0.15) is 11.6 Å². The van der Waals surface area contributed by atoms with E-state index in [1.54, 1.807) is 37.4 Å². The fourth-order valence-electron chi connectivity index (χ4n) is 3.67. The molecule has 0 atom stereocenters. The van der Waals surface area contributed by atoms with E-state index < -0.39 is 6.03 Å². The fraction of sp³-hybridized carbons (Fsp3) is 0.391. The Bertz CT molecular complexity index is 1210. The molecule has 3 N–H and O–H groups in total. The molecule has 0 spiro atoms. The van der Waals surface area contributed by atoms with E-state index in [1.165, 1.54) is 4.68 Å². The average molecular weight is 437 g/mol. The first-order valence-corrected chi connectivity index (χ1v) is 10.7. The highest BCUT2D eigenvalue weighted by Gasteiger charge is 2.24. The van der Waals surface area contributed by atoms with Gasteiger partial charge in [-0.15, -0.1) is 0 Å². The van der Waals surface area contributed by atoms with Gasteiger partial charge in [0.05, 0.1) is 18.5 Å². The summed E-state index contributed by atoms with van der Waals surface area (Å²) >= 11 is 0. The zero-order valence-corrected chi connectivity index (χ0v) is 18.8. The van der Waals surface area contributed by atoms with Crippen molar-refractivity contribution in [1.82, 2.24) is 19.7 Å². The molecule has 3 aromatic rings. The van der Waals surface area contributed by atoms with E-state index in [-0.39, 0.29) is 11.0 Å². The third-order valence-corrected chi connectivity index (χ3v) is 5.43. The number of carbonyl (C=O) groups excluding carboxylic acids is 1. The first kappa shape index (κ1) is 21.6. The van der Waals surface area contributed by atoms with Gasteiger partial charge in [0, 0.05) is 28.8 Å². The monoisotopic (exact) mass is 436 g/mol. The number of nitrogens with zero attached hydrogens (tertiary/aromatic N) is 3. The van der Waals surface area contributed by atoms with Gasteiger partial charge in [-0.05, 0) is 37.8 Å². The van der Waals surface area contributed by atoms with Gasteiger partial charge >= 0.3 is 6.03 Å². The summed E-state index contributed by atoms with van der Waals surface area (Å²) in [5, 5.41) is 10.3. The van der Waals surface area contributed by atoms with E-state index in [9.17, 15) is 9.59 Å². The van der Waals surface area contributed by atoms with Gasteiger partial charge in [0.2, 0.25) is 5.95 Å². The van der Waals surface area contributed by atoms with E-state index in [4.69, 9.17) is 4.74 Å². The maximum absolute atomic E-state index is 12.7. The number of aryl methyl sites for hydroxylation is 1. The number of urea groups is 1. The van der Waals surface area contributed by atoms with Gasteiger partial charge in [-0.25, -0.2) is 9.78 Å². The Balaban J connectivity index is 1.68. The number of benzene rings is 1. The molecular formula is C23H28N6O3. The van der Waals surface area contributed by atoms with Gasteiger partial charge < -0.3 is 10.1 Å². The van der Waals surface area contributed by atoms with E-state index in [1.807, 2.05) is 20.8 Å². The number of anilines is 2. The van der Waals surface area contributed by atoms with Crippen LogP contribution in [0.2, 0.25) is 0 Å². The lowest BCUT2D eigenvalue weighted by Crippen LogP contribution is -2.26. The summed E-state index contributed by atoms with van der Waals surface area (Å²) in [6, 6.07) is 8.43. The molecule has 9 heteroatoms. The quantitative estimate of drug-likeness (QED) is 0.576. The van der Waals surface area contributed by atoms with Crippen molar-refractivity contribution in [2.45, 2.75) is 51.9 Å². The lowest BCUT2D eigenvalue weighted by Gasteiger charge is -2.16. The van der Waals surface area contributed by atoms with Crippen molar-refractivity contribution in [1.29, 1.82) is 0 Å². The summed E-state index contributed by atoms with van der Waals surface area (Å²) in [4.78, 5) is 32.9. The Morgan fingerprint density at radius 1 is 1.16 bits per heavy atom. The minimum absolute atomic E-state index is 0.149. The van der Waals surface area contributed by atoms with Crippen LogP contribution in [0, 0.1) is 0 Å². The Labute approximate surface area is 186 Å².